The number of hydrogen-bond acceptors (Lipinski definition) is 6. The molecule has 0 fully saturated rings. The quantitative estimate of drug-likeness (QED) is 0.555. The van der Waals surface area contributed by atoms with E-state index in [0.29, 0.717) is 22.6 Å². The number of pyridine rings is 1. The summed E-state index contributed by atoms with van der Waals surface area (Å²) in [5.74, 6) is -0.807. The topological polar surface area (TPSA) is 100 Å². The zero-order chi connectivity index (χ0) is 20.3. The van der Waals surface area contributed by atoms with Gasteiger partial charge >= 0.3 is 5.97 Å². The number of hydrogen-bond donors (Lipinski definition) is 3. The van der Waals surface area contributed by atoms with Crippen molar-refractivity contribution in [1.82, 2.24) is 15.0 Å². The van der Waals surface area contributed by atoms with E-state index >= 15 is 0 Å². The molecular formula is C19H17ClFN5O2. The van der Waals surface area contributed by atoms with Crippen molar-refractivity contribution in [3.05, 3.63) is 59.3 Å². The van der Waals surface area contributed by atoms with Gasteiger partial charge in [0, 0.05) is 41.4 Å². The molecule has 144 valence electrons. The van der Waals surface area contributed by atoms with Gasteiger partial charge in [0.15, 0.2) is 0 Å². The van der Waals surface area contributed by atoms with Crippen molar-refractivity contribution in [1.29, 1.82) is 0 Å². The summed E-state index contributed by atoms with van der Waals surface area (Å²) in [6.45, 7) is 3.90. The molecule has 0 radical (unpaired) electrons. The Hall–Kier alpha value is -3.26. The molecule has 0 amide bonds. The van der Waals surface area contributed by atoms with E-state index in [1.54, 1.807) is 12.4 Å². The molecule has 0 unspecified atom stereocenters. The number of benzene rings is 1. The summed E-state index contributed by atoms with van der Waals surface area (Å²) in [6.07, 6.45) is 4.38. The Balaban J connectivity index is 1.98. The molecule has 3 aromatic rings. The van der Waals surface area contributed by atoms with Gasteiger partial charge in [-0.05, 0) is 38.1 Å². The van der Waals surface area contributed by atoms with Gasteiger partial charge in [-0.1, -0.05) is 11.6 Å². The Kier molecular flexibility index (Phi) is 5.70. The molecule has 3 N–H and O–H groups in total. The standard InChI is InChI=1S/C19H17ClFN5O2/c1-10(2)24-17-14(11-5-12(18(27)28)8-22-7-11)9-23-19(26-17)25-13-3-4-16(21)15(20)6-13/h3-10H,1-2H3,(H,27,28)(H2,23,24,25,26). The Labute approximate surface area is 165 Å². The number of anilines is 3. The van der Waals surface area contributed by atoms with Crippen molar-refractivity contribution in [2.24, 2.45) is 0 Å². The zero-order valence-electron chi connectivity index (χ0n) is 15.1. The second kappa shape index (κ2) is 8.18. The number of nitrogens with one attached hydrogen (secondary N) is 2. The minimum atomic E-state index is -1.07. The van der Waals surface area contributed by atoms with Crippen LogP contribution in [0.2, 0.25) is 5.02 Å². The van der Waals surface area contributed by atoms with E-state index in [2.05, 4.69) is 25.6 Å². The lowest BCUT2D eigenvalue weighted by molar-refractivity contribution is 0.0696. The van der Waals surface area contributed by atoms with Crippen molar-refractivity contribution in [2.75, 3.05) is 10.6 Å². The Morgan fingerprint density at radius 1 is 1.21 bits per heavy atom. The lowest BCUT2D eigenvalue weighted by atomic mass is 10.1. The first kappa shape index (κ1) is 19.5. The van der Waals surface area contributed by atoms with Gasteiger partial charge in [-0.2, -0.15) is 4.98 Å². The number of aromatic carboxylic acids is 1. The molecule has 2 heterocycles. The summed E-state index contributed by atoms with van der Waals surface area (Å²) in [5.41, 5.74) is 1.77. The van der Waals surface area contributed by atoms with Gasteiger partial charge in [0.25, 0.3) is 0 Å². The molecule has 7 nitrogen and oxygen atoms in total. The second-order valence-electron chi connectivity index (χ2n) is 6.28. The van der Waals surface area contributed by atoms with E-state index < -0.39 is 11.8 Å². The molecule has 0 saturated carbocycles. The van der Waals surface area contributed by atoms with Crippen LogP contribution in [0.4, 0.5) is 21.8 Å². The number of halogens is 2. The van der Waals surface area contributed by atoms with Gasteiger partial charge in [0.1, 0.15) is 11.6 Å². The van der Waals surface area contributed by atoms with Crippen molar-refractivity contribution < 1.29 is 14.3 Å². The maximum atomic E-state index is 13.3. The second-order valence-corrected chi connectivity index (χ2v) is 6.68. The molecule has 28 heavy (non-hydrogen) atoms. The monoisotopic (exact) mass is 401 g/mol. The molecule has 3 rings (SSSR count). The van der Waals surface area contributed by atoms with Gasteiger partial charge in [-0.25, -0.2) is 14.2 Å². The molecule has 0 bridgehead atoms. The number of aromatic nitrogens is 3. The number of nitrogens with zero attached hydrogens (tertiary/aromatic N) is 3. The first-order valence-electron chi connectivity index (χ1n) is 8.38. The van der Waals surface area contributed by atoms with Crippen LogP contribution in [0, 0.1) is 5.82 Å². The van der Waals surface area contributed by atoms with Crippen LogP contribution in [-0.2, 0) is 0 Å². The summed E-state index contributed by atoms with van der Waals surface area (Å²) < 4.78 is 13.3. The van der Waals surface area contributed by atoms with Crippen molar-refractivity contribution in [3.63, 3.8) is 0 Å². The van der Waals surface area contributed by atoms with E-state index in [9.17, 15) is 14.3 Å². The predicted molar refractivity (Wildman–Crippen MR) is 106 cm³/mol. The number of carboxylic acids is 1. The molecule has 1 aromatic carbocycles. The lowest BCUT2D eigenvalue weighted by Crippen LogP contribution is -2.13. The Bertz CT molecular complexity index is 1030. The maximum Gasteiger partial charge on any atom is 0.337 e. The highest BCUT2D eigenvalue weighted by Crippen LogP contribution is 2.29. The molecule has 0 saturated heterocycles. The van der Waals surface area contributed by atoms with Gasteiger partial charge in [-0.15, -0.1) is 0 Å². The fourth-order valence-electron chi connectivity index (χ4n) is 2.44. The maximum absolute atomic E-state index is 13.3. The van der Waals surface area contributed by atoms with Crippen LogP contribution in [0.25, 0.3) is 11.1 Å². The molecule has 9 heteroatoms. The Morgan fingerprint density at radius 3 is 2.68 bits per heavy atom. The van der Waals surface area contributed by atoms with Crippen LogP contribution in [-0.4, -0.2) is 32.1 Å². The highest BCUT2D eigenvalue weighted by molar-refractivity contribution is 6.31. The van der Waals surface area contributed by atoms with Crippen LogP contribution >= 0.6 is 11.6 Å². The summed E-state index contributed by atoms with van der Waals surface area (Å²) in [6, 6.07) is 5.78. The van der Waals surface area contributed by atoms with Crippen LogP contribution < -0.4 is 10.6 Å². The third kappa shape index (κ3) is 4.52. The molecule has 0 aliphatic heterocycles. The van der Waals surface area contributed by atoms with Crippen LogP contribution in [0.3, 0.4) is 0 Å². The van der Waals surface area contributed by atoms with Crippen molar-refractivity contribution in [3.8, 4) is 11.1 Å². The number of carboxylic acid groups (broad SMARTS) is 1. The molecule has 0 aliphatic carbocycles. The third-order valence-corrected chi connectivity index (χ3v) is 3.98. The van der Waals surface area contributed by atoms with E-state index in [1.165, 1.54) is 30.5 Å². The fourth-order valence-corrected chi connectivity index (χ4v) is 2.62. The number of rotatable bonds is 6. The highest BCUT2D eigenvalue weighted by Gasteiger charge is 2.14. The molecule has 0 aliphatic rings. The lowest BCUT2D eigenvalue weighted by Gasteiger charge is -2.15. The first-order valence-corrected chi connectivity index (χ1v) is 8.75. The summed E-state index contributed by atoms with van der Waals surface area (Å²) in [5, 5.41) is 15.4. The summed E-state index contributed by atoms with van der Waals surface area (Å²) >= 11 is 5.80. The SMILES string of the molecule is CC(C)Nc1nc(Nc2ccc(F)c(Cl)c2)ncc1-c1cncc(C(=O)O)c1. The number of carbonyl (C=O) groups is 1. The molecule has 2 aromatic heterocycles. The van der Waals surface area contributed by atoms with E-state index in [0.717, 1.165) is 0 Å². The summed E-state index contributed by atoms with van der Waals surface area (Å²) in [7, 11) is 0. The molecule has 0 atom stereocenters. The minimum Gasteiger partial charge on any atom is -0.478 e. The molecular weight excluding hydrogens is 385 g/mol. The average Bonchev–Trinajstić information content (AvgIpc) is 2.64. The normalized spacial score (nSPS) is 10.8. The van der Waals surface area contributed by atoms with E-state index in [1.807, 2.05) is 13.8 Å². The minimum absolute atomic E-state index is 0.0151. The van der Waals surface area contributed by atoms with Gasteiger partial charge in [0.05, 0.1) is 10.6 Å². The first-order chi connectivity index (χ1) is 13.3. The van der Waals surface area contributed by atoms with Crippen LogP contribution in [0.1, 0.15) is 24.2 Å². The third-order valence-electron chi connectivity index (χ3n) is 3.69. The van der Waals surface area contributed by atoms with Gasteiger partial charge in [0.2, 0.25) is 5.95 Å². The van der Waals surface area contributed by atoms with Crippen molar-refractivity contribution >= 4 is 35.0 Å². The van der Waals surface area contributed by atoms with E-state index in [-0.39, 0.29) is 22.6 Å². The average molecular weight is 402 g/mol. The predicted octanol–water partition coefficient (Wildman–Crippen LogP) is 4.59. The smallest absolute Gasteiger partial charge is 0.337 e. The largest absolute Gasteiger partial charge is 0.478 e. The van der Waals surface area contributed by atoms with Crippen molar-refractivity contribution in [2.45, 2.75) is 19.9 Å². The summed E-state index contributed by atoms with van der Waals surface area (Å²) in [4.78, 5) is 23.9. The van der Waals surface area contributed by atoms with Gasteiger partial charge < -0.3 is 15.7 Å². The zero-order valence-corrected chi connectivity index (χ0v) is 15.8. The Morgan fingerprint density at radius 2 is 2.00 bits per heavy atom. The molecule has 0 spiro atoms. The fraction of sp³-hybridized carbons (Fsp3) is 0.158. The highest BCUT2D eigenvalue weighted by atomic mass is 35.5. The van der Waals surface area contributed by atoms with Gasteiger partial charge in [-0.3, -0.25) is 4.98 Å². The van der Waals surface area contributed by atoms with E-state index in [4.69, 9.17) is 11.6 Å². The van der Waals surface area contributed by atoms with Crippen LogP contribution in [0.5, 0.6) is 0 Å². The van der Waals surface area contributed by atoms with Crippen LogP contribution in [0.15, 0.2) is 42.9 Å².